The van der Waals surface area contributed by atoms with Crippen LogP contribution in [-0.2, 0) is 13.0 Å². The number of hydrogen-bond donors (Lipinski definition) is 0. The molecule has 0 unspecified atom stereocenters. The van der Waals surface area contributed by atoms with Gasteiger partial charge in [0, 0.05) is 42.9 Å². The van der Waals surface area contributed by atoms with Crippen molar-refractivity contribution >= 4 is 17.7 Å². The van der Waals surface area contributed by atoms with Gasteiger partial charge in [-0.2, -0.15) is 11.8 Å². The van der Waals surface area contributed by atoms with Crippen LogP contribution in [-0.4, -0.2) is 34.1 Å². The van der Waals surface area contributed by atoms with Crippen LogP contribution in [0.4, 0.5) is 5.95 Å². The Morgan fingerprint density at radius 1 is 1.18 bits per heavy atom. The van der Waals surface area contributed by atoms with E-state index < -0.39 is 0 Å². The van der Waals surface area contributed by atoms with Crippen molar-refractivity contribution in [1.29, 1.82) is 0 Å². The third-order valence-electron chi connectivity index (χ3n) is 3.88. The van der Waals surface area contributed by atoms with Crippen LogP contribution >= 0.6 is 11.8 Å². The van der Waals surface area contributed by atoms with Gasteiger partial charge in [-0.3, -0.25) is 9.36 Å². The van der Waals surface area contributed by atoms with E-state index in [1.165, 1.54) is 5.56 Å². The summed E-state index contributed by atoms with van der Waals surface area (Å²) >= 11 is 1.96. The monoisotopic (exact) mass is 315 g/mol. The minimum absolute atomic E-state index is 0.0525. The first-order valence-electron chi connectivity index (χ1n) is 7.69. The Morgan fingerprint density at radius 3 is 2.64 bits per heavy atom. The van der Waals surface area contributed by atoms with Crippen LogP contribution in [0.25, 0.3) is 0 Å². The summed E-state index contributed by atoms with van der Waals surface area (Å²) in [6.45, 7) is 4.50. The number of thioether (sulfide) groups is 1. The fourth-order valence-electron chi connectivity index (χ4n) is 2.71. The molecule has 0 N–H and O–H groups in total. The fourth-order valence-corrected chi connectivity index (χ4v) is 3.61. The smallest absolute Gasteiger partial charge is 0.255 e. The van der Waals surface area contributed by atoms with E-state index in [1.807, 2.05) is 41.5 Å². The highest BCUT2D eigenvalue weighted by Crippen LogP contribution is 2.17. The molecule has 0 saturated carbocycles. The molecule has 0 amide bonds. The SMILES string of the molecule is Cc1cc(=O)n(CCc2ccccc2)c(N2CCSCC2)n1. The van der Waals surface area contributed by atoms with Gasteiger partial charge < -0.3 is 4.90 Å². The molecule has 22 heavy (non-hydrogen) atoms. The summed E-state index contributed by atoms with van der Waals surface area (Å²) in [5.74, 6) is 3.03. The van der Waals surface area contributed by atoms with E-state index in [1.54, 1.807) is 6.07 Å². The van der Waals surface area contributed by atoms with Gasteiger partial charge in [0.15, 0.2) is 0 Å². The zero-order valence-corrected chi connectivity index (χ0v) is 13.7. The molecule has 3 rings (SSSR count). The predicted octanol–water partition coefficient (Wildman–Crippen LogP) is 2.35. The summed E-state index contributed by atoms with van der Waals surface area (Å²) in [7, 11) is 0. The molecule has 1 saturated heterocycles. The fraction of sp³-hybridized carbons (Fsp3) is 0.412. The molecule has 2 heterocycles. The zero-order valence-electron chi connectivity index (χ0n) is 12.9. The van der Waals surface area contributed by atoms with Gasteiger partial charge in [-0.1, -0.05) is 30.3 Å². The van der Waals surface area contributed by atoms with Crippen LogP contribution in [0.3, 0.4) is 0 Å². The topological polar surface area (TPSA) is 38.1 Å². The third-order valence-corrected chi connectivity index (χ3v) is 4.82. The predicted molar refractivity (Wildman–Crippen MR) is 92.9 cm³/mol. The lowest BCUT2D eigenvalue weighted by atomic mass is 10.1. The average Bonchev–Trinajstić information content (AvgIpc) is 2.55. The highest BCUT2D eigenvalue weighted by Gasteiger charge is 2.17. The van der Waals surface area contributed by atoms with Crippen molar-refractivity contribution in [2.24, 2.45) is 0 Å². The second-order valence-electron chi connectivity index (χ2n) is 5.52. The summed E-state index contributed by atoms with van der Waals surface area (Å²) in [4.78, 5) is 19.3. The molecule has 0 spiro atoms. The third kappa shape index (κ3) is 3.53. The van der Waals surface area contributed by atoms with E-state index in [9.17, 15) is 4.79 Å². The molecule has 1 aliphatic heterocycles. The summed E-state index contributed by atoms with van der Waals surface area (Å²) in [5.41, 5.74) is 2.10. The number of rotatable bonds is 4. The van der Waals surface area contributed by atoms with Crippen LogP contribution in [0.5, 0.6) is 0 Å². The first kappa shape index (κ1) is 15.2. The highest BCUT2D eigenvalue weighted by molar-refractivity contribution is 7.99. The van der Waals surface area contributed by atoms with E-state index in [2.05, 4.69) is 22.0 Å². The maximum absolute atomic E-state index is 12.4. The van der Waals surface area contributed by atoms with Gasteiger partial charge in [-0.25, -0.2) is 4.98 Å². The first-order chi connectivity index (χ1) is 10.7. The normalized spacial score (nSPS) is 15.0. The molecule has 5 heteroatoms. The van der Waals surface area contributed by atoms with Gasteiger partial charge in [0.25, 0.3) is 5.56 Å². The number of nitrogens with zero attached hydrogens (tertiary/aromatic N) is 3. The summed E-state index contributed by atoms with van der Waals surface area (Å²) in [5, 5.41) is 0. The number of hydrogen-bond acceptors (Lipinski definition) is 4. The molecule has 4 nitrogen and oxygen atoms in total. The van der Waals surface area contributed by atoms with Gasteiger partial charge >= 0.3 is 0 Å². The maximum Gasteiger partial charge on any atom is 0.255 e. The Labute approximate surface area is 135 Å². The summed E-state index contributed by atoms with van der Waals surface area (Å²) < 4.78 is 1.83. The standard InChI is InChI=1S/C17H21N3OS/c1-14-13-16(21)20(8-7-15-5-3-2-4-6-15)17(18-14)19-9-11-22-12-10-19/h2-6,13H,7-12H2,1H3. The Kier molecular flexibility index (Phi) is 4.83. The van der Waals surface area contributed by atoms with Crippen molar-refractivity contribution in [2.45, 2.75) is 19.9 Å². The van der Waals surface area contributed by atoms with Gasteiger partial charge in [0.2, 0.25) is 5.95 Å². The van der Waals surface area contributed by atoms with E-state index >= 15 is 0 Å². The molecule has 2 aromatic rings. The maximum atomic E-state index is 12.4. The lowest BCUT2D eigenvalue weighted by molar-refractivity contribution is 0.628. The number of anilines is 1. The number of aryl methyl sites for hydroxylation is 2. The van der Waals surface area contributed by atoms with Crippen LogP contribution in [0.2, 0.25) is 0 Å². The van der Waals surface area contributed by atoms with Gasteiger partial charge in [0.1, 0.15) is 0 Å². The Balaban J connectivity index is 1.86. The quantitative estimate of drug-likeness (QED) is 0.868. The van der Waals surface area contributed by atoms with Crippen molar-refractivity contribution in [2.75, 3.05) is 29.5 Å². The molecule has 0 aliphatic carbocycles. The van der Waals surface area contributed by atoms with Crippen LogP contribution in [0.15, 0.2) is 41.2 Å². The second kappa shape index (κ2) is 7.01. The molecular weight excluding hydrogens is 294 g/mol. The average molecular weight is 315 g/mol. The van der Waals surface area contributed by atoms with E-state index in [4.69, 9.17) is 0 Å². The lowest BCUT2D eigenvalue weighted by Crippen LogP contribution is -2.38. The molecule has 0 atom stereocenters. The molecule has 116 valence electrons. The number of benzene rings is 1. The minimum Gasteiger partial charge on any atom is -0.341 e. The Bertz CT molecular complexity index is 678. The van der Waals surface area contributed by atoms with Crippen molar-refractivity contribution in [3.05, 3.63) is 58.0 Å². The highest BCUT2D eigenvalue weighted by atomic mass is 32.2. The van der Waals surface area contributed by atoms with E-state index in [0.717, 1.165) is 42.7 Å². The molecular formula is C17H21N3OS. The van der Waals surface area contributed by atoms with Gasteiger partial charge in [0.05, 0.1) is 0 Å². The van der Waals surface area contributed by atoms with Crippen molar-refractivity contribution < 1.29 is 0 Å². The van der Waals surface area contributed by atoms with Crippen molar-refractivity contribution in [1.82, 2.24) is 9.55 Å². The molecule has 0 bridgehead atoms. The Hall–Kier alpha value is -1.75. The zero-order chi connectivity index (χ0) is 15.4. The van der Waals surface area contributed by atoms with E-state index in [-0.39, 0.29) is 5.56 Å². The van der Waals surface area contributed by atoms with Crippen LogP contribution in [0.1, 0.15) is 11.3 Å². The molecule has 1 aromatic carbocycles. The van der Waals surface area contributed by atoms with Gasteiger partial charge in [-0.15, -0.1) is 0 Å². The molecule has 1 aliphatic rings. The Morgan fingerprint density at radius 2 is 1.91 bits per heavy atom. The largest absolute Gasteiger partial charge is 0.341 e. The van der Waals surface area contributed by atoms with Crippen molar-refractivity contribution in [3.8, 4) is 0 Å². The van der Waals surface area contributed by atoms with Gasteiger partial charge in [-0.05, 0) is 18.9 Å². The second-order valence-corrected chi connectivity index (χ2v) is 6.75. The summed E-state index contributed by atoms with van der Waals surface area (Å²) in [6.07, 6.45) is 0.848. The minimum atomic E-state index is 0.0525. The summed E-state index contributed by atoms with van der Waals surface area (Å²) in [6, 6.07) is 11.9. The molecule has 1 aromatic heterocycles. The molecule has 0 radical (unpaired) electrons. The lowest BCUT2D eigenvalue weighted by Gasteiger charge is -2.29. The number of aromatic nitrogens is 2. The van der Waals surface area contributed by atoms with Crippen molar-refractivity contribution in [3.63, 3.8) is 0 Å². The van der Waals surface area contributed by atoms with E-state index in [0.29, 0.717) is 6.54 Å². The molecule has 1 fully saturated rings. The first-order valence-corrected chi connectivity index (χ1v) is 8.84. The van der Waals surface area contributed by atoms with Crippen LogP contribution in [0, 0.1) is 6.92 Å². The van der Waals surface area contributed by atoms with Crippen LogP contribution < -0.4 is 10.5 Å².